The zero-order chi connectivity index (χ0) is 19.7. The largest absolute Gasteiger partial charge is 0.352 e. The molecule has 3 aromatic rings. The fourth-order valence-electron chi connectivity index (χ4n) is 3.11. The third-order valence-corrected chi connectivity index (χ3v) is 4.62. The minimum Gasteiger partial charge on any atom is -0.352 e. The van der Waals surface area contributed by atoms with Crippen LogP contribution in [0.3, 0.4) is 0 Å². The summed E-state index contributed by atoms with van der Waals surface area (Å²) in [7, 11) is 3.91. The molecule has 1 saturated heterocycles. The number of imidazole rings is 1. The van der Waals surface area contributed by atoms with Gasteiger partial charge in [0, 0.05) is 39.8 Å². The standard InChI is InChI=1S/C15H22N12O/c1-4-16-15(28)20-14-18-11-9(12(19-14)27-7-5-25(2)6-8-27)17-13(26(11)3)10-21-23-24-22-10/h4-8H2,1-3H3,(H,21,22,23,24)(H2,16,18,19,20,28). The number of piperazine rings is 1. The average Bonchev–Trinajstić information content (AvgIpc) is 3.31. The van der Waals surface area contributed by atoms with E-state index in [0.29, 0.717) is 35.2 Å². The SMILES string of the molecule is CCNC(=O)Nc1nc(N2CCN(C)CC2)c2nc(-c3nnn[nH]3)n(C)c2n1. The maximum Gasteiger partial charge on any atom is 0.321 e. The van der Waals surface area contributed by atoms with Gasteiger partial charge in [-0.3, -0.25) is 5.32 Å². The molecule has 1 fully saturated rings. The van der Waals surface area contributed by atoms with Crippen molar-refractivity contribution < 1.29 is 4.79 Å². The van der Waals surface area contributed by atoms with Crippen LogP contribution in [0.1, 0.15) is 6.92 Å². The lowest BCUT2D eigenvalue weighted by molar-refractivity contribution is 0.252. The molecule has 13 heteroatoms. The van der Waals surface area contributed by atoms with Gasteiger partial charge in [0.15, 0.2) is 22.8 Å². The summed E-state index contributed by atoms with van der Waals surface area (Å²) in [6.07, 6.45) is 0. The number of aromatic nitrogens is 8. The number of nitrogens with one attached hydrogen (secondary N) is 3. The Bertz CT molecular complexity index is 973. The molecule has 3 N–H and O–H groups in total. The molecule has 4 heterocycles. The van der Waals surface area contributed by atoms with Crippen molar-refractivity contribution in [1.29, 1.82) is 0 Å². The van der Waals surface area contributed by atoms with Gasteiger partial charge in [-0.15, -0.1) is 5.10 Å². The first-order valence-electron chi connectivity index (χ1n) is 9.03. The molecular formula is C15H22N12O. The third kappa shape index (κ3) is 3.31. The Labute approximate surface area is 160 Å². The summed E-state index contributed by atoms with van der Waals surface area (Å²) in [4.78, 5) is 30.2. The monoisotopic (exact) mass is 386 g/mol. The smallest absolute Gasteiger partial charge is 0.321 e. The highest BCUT2D eigenvalue weighted by Gasteiger charge is 2.24. The molecule has 0 aromatic carbocycles. The maximum atomic E-state index is 12.0. The number of rotatable bonds is 4. The zero-order valence-corrected chi connectivity index (χ0v) is 16.0. The number of H-pyrrole nitrogens is 1. The Hall–Kier alpha value is -3.35. The normalized spacial score (nSPS) is 15.2. The molecule has 0 aliphatic carbocycles. The van der Waals surface area contributed by atoms with Gasteiger partial charge in [0.05, 0.1) is 0 Å². The number of likely N-dealkylation sites (N-methyl/N-ethyl adjacent to an activating group) is 1. The van der Waals surface area contributed by atoms with Crippen LogP contribution in [0.4, 0.5) is 16.6 Å². The van der Waals surface area contributed by atoms with Crippen LogP contribution in [0.2, 0.25) is 0 Å². The number of aromatic amines is 1. The highest BCUT2D eigenvalue weighted by molar-refractivity contribution is 5.91. The van der Waals surface area contributed by atoms with Crippen molar-refractivity contribution in [3.63, 3.8) is 0 Å². The van der Waals surface area contributed by atoms with Crippen LogP contribution in [0.15, 0.2) is 0 Å². The number of carbonyl (C=O) groups excluding carboxylic acids is 1. The number of urea groups is 1. The van der Waals surface area contributed by atoms with Crippen molar-refractivity contribution in [3.05, 3.63) is 0 Å². The number of amides is 2. The van der Waals surface area contributed by atoms with E-state index < -0.39 is 0 Å². The molecule has 4 rings (SSSR count). The Kier molecular flexibility index (Phi) is 4.73. The van der Waals surface area contributed by atoms with Gasteiger partial charge in [-0.05, 0) is 24.4 Å². The maximum absolute atomic E-state index is 12.0. The highest BCUT2D eigenvalue weighted by atomic mass is 16.2. The van der Waals surface area contributed by atoms with Gasteiger partial charge in [0.25, 0.3) is 0 Å². The first-order chi connectivity index (χ1) is 13.6. The van der Waals surface area contributed by atoms with Crippen LogP contribution < -0.4 is 15.5 Å². The van der Waals surface area contributed by atoms with E-state index in [-0.39, 0.29) is 12.0 Å². The minimum absolute atomic E-state index is 0.220. The van der Waals surface area contributed by atoms with E-state index >= 15 is 0 Å². The topological polar surface area (TPSA) is 146 Å². The van der Waals surface area contributed by atoms with E-state index in [4.69, 9.17) is 0 Å². The molecular weight excluding hydrogens is 364 g/mol. The van der Waals surface area contributed by atoms with Gasteiger partial charge in [-0.1, -0.05) is 0 Å². The lowest BCUT2D eigenvalue weighted by Crippen LogP contribution is -2.45. The number of carbonyl (C=O) groups is 1. The summed E-state index contributed by atoms with van der Waals surface area (Å²) in [5.74, 6) is 1.87. The first kappa shape index (κ1) is 18.0. The number of nitrogens with zero attached hydrogens (tertiary/aromatic N) is 9. The molecule has 28 heavy (non-hydrogen) atoms. The molecule has 0 unspecified atom stereocenters. The average molecular weight is 386 g/mol. The van der Waals surface area contributed by atoms with Crippen LogP contribution >= 0.6 is 0 Å². The van der Waals surface area contributed by atoms with E-state index in [0.717, 1.165) is 26.2 Å². The summed E-state index contributed by atoms with van der Waals surface area (Å²) >= 11 is 0. The molecule has 2 amide bonds. The number of anilines is 2. The minimum atomic E-state index is -0.354. The van der Waals surface area contributed by atoms with Crippen LogP contribution in [0, 0.1) is 0 Å². The van der Waals surface area contributed by atoms with E-state index in [1.54, 1.807) is 4.57 Å². The quantitative estimate of drug-likeness (QED) is 0.537. The van der Waals surface area contributed by atoms with Crippen LogP contribution in [0.25, 0.3) is 22.8 Å². The second-order valence-electron chi connectivity index (χ2n) is 6.56. The summed E-state index contributed by atoms with van der Waals surface area (Å²) in [5.41, 5.74) is 1.22. The van der Waals surface area contributed by atoms with Gasteiger partial charge >= 0.3 is 6.03 Å². The molecule has 13 nitrogen and oxygen atoms in total. The predicted molar refractivity (Wildman–Crippen MR) is 102 cm³/mol. The van der Waals surface area contributed by atoms with Crippen molar-refractivity contribution in [2.75, 3.05) is 50.0 Å². The summed E-state index contributed by atoms with van der Waals surface area (Å²) in [6.45, 7) is 5.79. The zero-order valence-electron chi connectivity index (χ0n) is 16.0. The molecule has 0 atom stereocenters. The fraction of sp³-hybridized carbons (Fsp3) is 0.533. The Morgan fingerprint density at radius 3 is 2.61 bits per heavy atom. The Morgan fingerprint density at radius 2 is 1.93 bits per heavy atom. The number of hydrogen-bond acceptors (Lipinski definition) is 9. The molecule has 1 aliphatic heterocycles. The van der Waals surface area contributed by atoms with Gasteiger partial charge in [0.2, 0.25) is 11.8 Å². The molecule has 0 radical (unpaired) electrons. The van der Waals surface area contributed by atoms with Gasteiger partial charge in [-0.2, -0.15) is 9.97 Å². The van der Waals surface area contributed by atoms with E-state index in [1.807, 2.05) is 14.0 Å². The summed E-state index contributed by atoms with van der Waals surface area (Å²) < 4.78 is 1.78. The second-order valence-corrected chi connectivity index (χ2v) is 6.56. The van der Waals surface area contributed by atoms with E-state index in [2.05, 4.69) is 63.1 Å². The number of hydrogen-bond donors (Lipinski definition) is 3. The Morgan fingerprint density at radius 1 is 1.14 bits per heavy atom. The van der Waals surface area contributed by atoms with E-state index in [1.165, 1.54) is 0 Å². The van der Waals surface area contributed by atoms with Gasteiger partial charge in [-0.25, -0.2) is 14.9 Å². The molecule has 0 saturated carbocycles. The number of aryl methyl sites for hydroxylation is 1. The predicted octanol–water partition coefficient (Wildman–Crippen LogP) is -0.563. The van der Waals surface area contributed by atoms with Crippen molar-refractivity contribution >= 4 is 29.0 Å². The molecule has 3 aromatic heterocycles. The lowest BCUT2D eigenvalue weighted by atomic mass is 10.3. The van der Waals surface area contributed by atoms with E-state index in [9.17, 15) is 4.79 Å². The first-order valence-corrected chi connectivity index (χ1v) is 9.03. The van der Waals surface area contributed by atoms with Crippen molar-refractivity contribution in [2.45, 2.75) is 6.92 Å². The molecule has 1 aliphatic rings. The molecule has 148 valence electrons. The van der Waals surface area contributed by atoms with Crippen LogP contribution in [-0.2, 0) is 7.05 Å². The molecule has 0 bridgehead atoms. The lowest BCUT2D eigenvalue weighted by Gasteiger charge is -2.33. The van der Waals surface area contributed by atoms with Gasteiger partial charge in [0.1, 0.15) is 0 Å². The Balaban J connectivity index is 1.81. The highest BCUT2D eigenvalue weighted by Crippen LogP contribution is 2.28. The van der Waals surface area contributed by atoms with Crippen LogP contribution in [-0.4, -0.2) is 90.8 Å². The van der Waals surface area contributed by atoms with Crippen LogP contribution in [0.5, 0.6) is 0 Å². The van der Waals surface area contributed by atoms with Crippen molar-refractivity contribution in [3.8, 4) is 11.6 Å². The second kappa shape index (κ2) is 7.34. The summed E-state index contributed by atoms with van der Waals surface area (Å²) in [5, 5.41) is 19.3. The van der Waals surface area contributed by atoms with Gasteiger partial charge < -0.3 is 19.7 Å². The third-order valence-electron chi connectivity index (χ3n) is 4.62. The number of fused-ring (bicyclic) bond motifs is 1. The molecule has 0 spiro atoms. The number of tetrazole rings is 1. The van der Waals surface area contributed by atoms with Crippen molar-refractivity contribution in [2.24, 2.45) is 7.05 Å². The summed E-state index contributed by atoms with van der Waals surface area (Å²) in [6, 6.07) is -0.354. The fourth-order valence-corrected chi connectivity index (χ4v) is 3.11. The van der Waals surface area contributed by atoms with Crippen molar-refractivity contribution in [1.82, 2.24) is 50.4 Å².